The molecule has 1 aliphatic heterocycles. The maximum Gasteiger partial charge on any atom is 0.122 e. The van der Waals surface area contributed by atoms with Crippen LogP contribution in [-0.2, 0) is 0 Å². The molecule has 2 unspecified atom stereocenters. The number of fused-ring (bicyclic) bond motifs is 1. The highest BCUT2D eigenvalue weighted by Gasteiger charge is 2.32. The molecule has 2 nitrogen and oxygen atoms in total. The first-order valence-electron chi connectivity index (χ1n) is 7.00. The van der Waals surface area contributed by atoms with E-state index in [0.717, 1.165) is 29.7 Å². The largest absolute Gasteiger partial charge is 0.493 e. The van der Waals surface area contributed by atoms with Crippen molar-refractivity contribution in [1.82, 2.24) is 5.32 Å². The van der Waals surface area contributed by atoms with Crippen molar-refractivity contribution in [3.63, 3.8) is 0 Å². The van der Waals surface area contributed by atoms with Gasteiger partial charge in [0.05, 0.1) is 17.0 Å². The zero-order valence-corrected chi connectivity index (χ0v) is 13.0. The van der Waals surface area contributed by atoms with Gasteiger partial charge >= 0.3 is 0 Å². The lowest BCUT2D eigenvalue weighted by molar-refractivity contribution is 0.301. The molecule has 0 saturated carbocycles. The molecule has 2 atom stereocenters. The summed E-state index contributed by atoms with van der Waals surface area (Å²) in [6.07, 6.45) is 1.12. The summed E-state index contributed by atoms with van der Waals surface area (Å²) in [7, 11) is 0. The van der Waals surface area contributed by atoms with Gasteiger partial charge in [0.2, 0.25) is 0 Å². The predicted octanol–water partition coefficient (Wildman–Crippen LogP) is 4.62. The van der Waals surface area contributed by atoms with Crippen LogP contribution >= 0.6 is 22.9 Å². The van der Waals surface area contributed by atoms with Crippen molar-refractivity contribution in [3.05, 3.63) is 51.2 Å². The number of benzene rings is 1. The summed E-state index contributed by atoms with van der Waals surface area (Å²) in [6.45, 7) is 3.92. The maximum atomic E-state index is 6.10. The Morgan fingerprint density at radius 2 is 2.20 bits per heavy atom. The normalized spacial score (nSPS) is 18.6. The summed E-state index contributed by atoms with van der Waals surface area (Å²) in [5.41, 5.74) is 1.30. The Labute approximate surface area is 128 Å². The van der Waals surface area contributed by atoms with Crippen LogP contribution in [0.15, 0.2) is 36.4 Å². The highest BCUT2D eigenvalue weighted by molar-refractivity contribution is 7.16. The van der Waals surface area contributed by atoms with Crippen LogP contribution in [0.25, 0.3) is 0 Å². The van der Waals surface area contributed by atoms with Gasteiger partial charge in [-0.25, -0.2) is 0 Å². The third-order valence-corrected chi connectivity index (χ3v) is 4.97. The van der Waals surface area contributed by atoms with Crippen molar-refractivity contribution in [2.75, 3.05) is 13.2 Å². The molecular formula is C16H18ClNOS. The molecule has 3 rings (SSSR count). The number of rotatable bonds is 5. The molecule has 0 spiro atoms. The average Bonchev–Trinajstić information content (AvgIpc) is 3.07. The molecule has 0 radical (unpaired) electrons. The van der Waals surface area contributed by atoms with E-state index < -0.39 is 0 Å². The molecule has 0 bridgehead atoms. The van der Waals surface area contributed by atoms with Crippen LogP contribution < -0.4 is 10.1 Å². The molecule has 0 amide bonds. The molecule has 20 heavy (non-hydrogen) atoms. The first-order valence-corrected chi connectivity index (χ1v) is 8.19. The summed E-state index contributed by atoms with van der Waals surface area (Å²) in [5, 5.41) is 3.65. The number of hydrogen-bond donors (Lipinski definition) is 1. The van der Waals surface area contributed by atoms with E-state index in [1.807, 2.05) is 18.2 Å². The fraction of sp³-hybridized carbons (Fsp3) is 0.375. The Kier molecular flexibility index (Phi) is 4.29. The minimum Gasteiger partial charge on any atom is -0.493 e. The highest BCUT2D eigenvalue weighted by Crippen LogP contribution is 2.43. The monoisotopic (exact) mass is 307 g/mol. The number of nitrogens with one attached hydrogen (secondary N) is 1. The van der Waals surface area contributed by atoms with Crippen LogP contribution in [0.3, 0.4) is 0 Å². The molecule has 1 aliphatic rings. The summed E-state index contributed by atoms with van der Waals surface area (Å²) in [6, 6.07) is 12.7. The van der Waals surface area contributed by atoms with Crippen molar-refractivity contribution >= 4 is 22.9 Å². The average molecular weight is 308 g/mol. The zero-order chi connectivity index (χ0) is 13.9. The van der Waals surface area contributed by atoms with Crippen molar-refractivity contribution in [2.24, 2.45) is 0 Å². The topological polar surface area (TPSA) is 21.3 Å². The van der Waals surface area contributed by atoms with Crippen molar-refractivity contribution in [1.29, 1.82) is 0 Å². The first kappa shape index (κ1) is 13.9. The number of para-hydroxylation sites is 1. The van der Waals surface area contributed by atoms with Gasteiger partial charge in [-0.2, -0.15) is 0 Å². The molecule has 1 aromatic heterocycles. The van der Waals surface area contributed by atoms with Gasteiger partial charge in [0, 0.05) is 16.4 Å². The smallest absolute Gasteiger partial charge is 0.122 e. The summed E-state index contributed by atoms with van der Waals surface area (Å²) in [5.74, 6) is 1.37. The molecular weight excluding hydrogens is 290 g/mol. The standard InChI is InChI=1S/C16H18ClNOS/c1-2-9-18-16(14-7-8-15(17)20-14)12-10-19-13-6-4-3-5-11(12)13/h3-8,12,16,18H,2,9-10H2,1H3. The quantitative estimate of drug-likeness (QED) is 0.870. The minimum absolute atomic E-state index is 0.274. The van der Waals surface area contributed by atoms with Gasteiger partial charge in [-0.3, -0.25) is 0 Å². The second-order valence-corrected chi connectivity index (χ2v) is 6.78. The van der Waals surface area contributed by atoms with E-state index in [0.29, 0.717) is 5.92 Å². The van der Waals surface area contributed by atoms with E-state index in [4.69, 9.17) is 16.3 Å². The van der Waals surface area contributed by atoms with Crippen LogP contribution in [0, 0.1) is 0 Å². The van der Waals surface area contributed by atoms with Gasteiger partial charge in [-0.1, -0.05) is 36.7 Å². The van der Waals surface area contributed by atoms with E-state index in [9.17, 15) is 0 Å². The van der Waals surface area contributed by atoms with Crippen LogP contribution in [0.2, 0.25) is 4.34 Å². The molecule has 4 heteroatoms. The van der Waals surface area contributed by atoms with E-state index in [-0.39, 0.29) is 6.04 Å². The van der Waals surface area contributed by atoms with Crippen molar-refractivity contribution < 1.29 is 4.74 Å². The molecule has 0 fully saturated rings. The number of thiophene rings is 1. The Hall–Kier alpha value is -1.03. The summed E-state index contributed by atoms with van der Waals surface area (Å²) in [4.78, 5) is 1.29. The molecule has 1 N–H and O–H groups in total. The number of hydrogen-bond acceptors (Lipinski definition) is 3. The fourth-order valence-corrected chi connectivity index (χ4v) is 3.90. The molecule has 0 saturated heterocycles. The van der Waals surface area contributed by atoms with Gasteiger partial charge in [0.1, 0.15) is 5.75 Å². The molecule has 2 heterocycles. The second kappa shape index (κ2) is 6.17. The van der Waals surface area contributed by atoms with Gasteiger partial charge in [0.25, 0.3) is 0 Å². The highest BCUT2D eigenvalue weighted by atomic mass is 35.5. The lowest BCUT2D eigenvalue weighted by atomic mass is 9.92. The van der Waals surface area contributed by atoms with E-state index in [1.165, 1.54) is 10.4 Å². The van der Waals surface area contributed by atoms with Crippen LogP contribution in [-0.4, -0.2) is 13.2 Å². The Balaban J connectivity index is 1.90. The molecule has 1 aromatic carbocycles. The Bertz CT molecular complexity index is 583. The summed E-state index contributed by atoms with van der Waals surface area (Å²) < 4.78 is 6.67. The predicted molar refractivity (Wildman–Crippen MR) is 85.0 cm³/mol. The Morgan fingerprint density at radius 3 is 2.95 bits per heavy atom. The Morgan fingerprint density at radius 1 is 1.35 bits per heavy atom. The van der Waals surface area contributed by atoms with Crippen LogP contribution in [0.5, 0.6) is 5.75 Å². The lowest BCUT2D eigenvalue weighted by Crippen LogP contribution is -2.28. The van der Waals surface area contributed by atoms with Crippen molar-refractivity contribution in [2.45, 2.75) is 25.3 Å². The lowest BCUT2D eigenvalue weighted by Gasteiger charge is -2.23. The van der Waals surface area contributed by atoms with Gasteiger partial charge < -0.3 is 10.1 Å². The SMILES string of the molecule is CCCNC(c1ccc(Cl)s1)C1COc2ccccc21. The van der Waals surface area contributed by atoms with Gasteiger partial charge in [-0.15, -0.1) is 11.3 Å². The third-order valence-electron chi connectivity index (χ3n) is 3.65. The second-order valence-electron chi connectivity index (χ2n) is 5.03. The third kappa shape index (κ3) is 2.71. The fourth-order valence-electron chi connectivity index (χ4n) is 2.70. The molecule has 2 aromatic rings. The van der Waals surface area contributed by atoms with Crippen molar-refractivity contribution in [3.8, 4) is 5.75 Å². The van der Waals surface area contributed by atoms with E-state index >= 15 is 0 Å². The maximum absolute atomic E-state index is 6.10. The molecule has 0 aliphatic carbocycles. The minimum atomic E-state index is 0.274. The first-order chi connectivity index (χ1) is 9.79. The van der Waals surface area contributed by atoms with Gasteiger partial charge in [0.15, 0.2) is 0 Å². The van der Waals surface area contributed by atoms with Crippen LogP contribution in [0.1, 0.15) is 35.7 Å². The zero-order valence-electron chi connectivity index (χ0n) is 11.4. The molecule has 106 valence electrons. The summed E-state index contributed by atoms with van der Waals surface area (Å²) >= 11 is 7.76. The van der Waals surface area contributed by atoms with E-state index in [2.05, 4.69) is 30.4 Å². The van der Waals surface area contributed by atoms with Crippen LogP contribution in [0.4, 0.5) is 0 Å². The number of ether oxygens (including phenoxy) is 1. The van der Waals surface area contributed by atoms with E-state index in [1.54, 1.807) is 11.3 Å². The number of halogens is 1. The van der Waals surface area contributed by atoms with Gasteiger partial charge in [-0.05, 0) is 31.2 Å².